The maximum Gasteiger partial charge on any atom is 0.172 e. The van der Waals surface area contributed by atoms with Crippen molar-refractivity contribution in [3.63, 3.8) is 0 Å². The number of hydrogen-bond donors (Lipinski definition) is 2. The topological polar surface area (TPSA) is 142 Å². The predicted molar refractivity (Wildman–Crippen MR) is 227 cm³/mol. The van der Waals surface area contributed by atoms with Gasteiger partial charge in [0.25, 0.3) is 0 Å². The lowest BCUT2D eigenvalue weighted by molar-refractivity contribution is 0.0819. The van der Waals surface area contributed by atoms with Gasteiger partial charge in [-0.25, -0.2) is 19.9 Å². The van der Waals surface area contributed by atoms with Crippen molar-refractivity contribution in [1.29, 1.82) is 0 Å². The van der Waals surface area contributed by atoms with Gasteiger partial charge in [-0.05, 0) is 49.9 Å². The van der Waals surface area contributed by atoms with E-state index in [2.05, 4.69) is 80.0 Å². The molecule has 4 aromatic heterocycles. The summed E-state index contributed by atoms with van der Waals surface area (Å²) >= 11 is 0. The van der Waals surface area contributed by atoms with Gasteiger partial charge in [0.1, 0.15) is 11.0 Å². The summed E-state index contributed by atoms with van der Waals surface area (Å²) in [6, 6.07) is 16.7. The van der Waals surface area contributed by atoms with Crippen molar-refractivity contribution in [1.82, 2.24) is 29.9 Å². The first-order valence-corrected chi connectivity index (χ1v) is 20.9. The van der Waals surface area contributed by atoms with Crippen molar-refractivity contribution >= 4 is 45.3 Å². The number of carbonyl (C=O) groups excluding carboxylic acids is 2. The highest BCUT2D eigenvalue weighted by Crippen LogP contribution is 2.42. The number of nitrogens with zero attached hydrogens (tertiary/aromatic N) is 6. The van der Waals surface area contributed by atoms with Crippen LogP contribution in [0, 0.1) is 10.8 Å². The van der Waals surface area contributed by atoms with E-state index in [1.54, 1.807) is 24.8 Å². The van der Waals surface area contributed by atoms with Crippen molar-refractivity contribution in [3.05, 3.63) is 84.4 Å². The summed E-state index contributed by atoms with van der Waals surface area (Å²) in [7, 11) is 0. The van der Waals surface area contributed by atoms with E-state index in [4.69, 9.17) is 19.4 Å². The molecule has 2 saturated heterocycles. The van der Waals surface area contributed by atoms with E-state index >= 15 is 0 Å². The Morgan fingerprint density at radius 1 is 0.603 bits per heavy atom. The highest BCUT2D eigenvalue weighted by molar-refractivity contribution is 6.09. The number of rotatable bonds is 8. The maximum atomic E-state index is 13.2. The summed E-state index contributed by atoms with van der Waals surface area (Å²) in [6.45, 7) is 10.8. The van der Waals surface area contributed by atoms with Gasteiger partial charge in [0.05, 0.1) is 61.3 Å². The molecule has 10 rings (SSSR count). The van der Waals surface area contributed by atoms with Crippen molar-refractivity contribution in [3.8, 4) is 22.5 Å². The predicted octanol–water partition coefficient (Wildman–Crippen LogP) is 8.45. The average molecular weight is 781 g/mol. The lowest BCUT2D eigenvalue weighted by atomic mass is 9.81. The van der Waals surface area contributed by atoms with E-state index in [0.29, 0.717) is 33.5 Å². The number of Topliss-reactive ketones (excluding diaryl/α,β-unsaturated/α-hetero) is 2. The Balaban J connectivity index is 0.000000150. The number of carbonyl (C=O) groups is 2. The second-order valence-electron chi connectivity index (χ2n) is 16.8. The number of ketones is 2. The molecule has 2 aliphatic carbocycles. The minimum atomic E-state index is -0.275. The van der Waals surface area contributed by atoms with Crippen LogP contribution in [0.15, 0.2) is 73.3 Å². The first-order valence-electron chi connectivity index (χ1n) is 20.9. The van der Waals surface area contributed by atoms with Crippen LogP contribution >= 0.6 is 0 Å². The van der Waals surface area contributed by atoms with Gasteiger partial charge in [0.2, 0.25) is 0 Å². The molecule has 4 aliphatic rings. The second-order valence-corrected chi connectivity index (χ2v) is 16.8. The summed E-state index contributed by atoms with van der Waals surface area (Å²) in [4.78, 5) is 56.2. The van der Waals surface area contributed by atoms with Crippen LogP contribution in [-0.4, -0.2) is 94.1 Å². The van der Waals surface area contributed by atoms with Gasteiger partial charge in [-0.2, -0.15) is 0 Å². The van der Waals surface area contributed by atoms with Gasteiger partial charge >= 0.3 is 0 Å². The van der Waals surface area contributed by atoms with Crippen LogP contribution in [0.4, 0.5) is 11.4 Å². The number of aromatic nitrogens is 6. The SMILES string of the molecule is CC1(C(=O)c2c[nH]c3ncc(-c4cccc(N5CCOCC5)c4)nc23)CCCC1.CC1(C(=O)c2c[nH]c3ncc(-c4cccc(N5CCOCC5)c4)nc23)CCCC1. The van der Waals surface area contributed by atoms with Crippen LogP contribution in [0.25, 0.3) is 44.8 Å². The molecule has 2 N–H and O–H groups in total. The average Bonchev–Trinajstić information content (AvgIpc) is 4.11. The molecule has 12 nitrogen and oxygen atoms in total. The van der Waals surface area contributed by atoms with E-state index < -0.39 is 0 Å². The van der Waals surface area contributed by atoms with Crippen molar-refractivity contribution in [2.24, 2.45) is 10.8 Å². The highest BCUT2D eigenvalue weighted by Gasteiger charge is 2.39. The number of hydrogen-bond acceptors (Lipinski definition) is 10. The third kappa shape index (κ3) is 7.51. The monoisotopic (exact) mass is 780 g/mol. The lowest BCUT2D eigenvalue weighted by Gasteiger charge is -2.29. The zero-order valence-electron chi connectivity index (χ0n) is 33.6. The Hall–Kier alpha value is -5.46. The molecular formula is C46H52N8O4. The quantitative estimate of drug-likeness (QED) is 0.145. The fraction of sp³-hybridized carbons (Fsp3) is 0.435. The Morgan fingerprint density at radius 2 is 1.00 bits per heavy atom. The third-order valence-corrected chi connectivity index (χ3v) is 12.8. The highest BCUT2D eigenvalue weighted by atomic mass is 16.5. The van der Waals surface area contributed by atoms with Crippen LogP contribution < -0.4 is 9.80 Å². The van der Waals surface area contributed by atoms with Gasteiger partial charge in [0.15, 0.2) is 22.9 Å². The summed E-state index contributed by atoms with van der Waals surface area (Å²) in [5.74, 6) is 0.379. The zero-order valence-corrected chi connectivity index (χ0v) is 33.6. The van der Waals surface area contributed by atoms with Crippen LogP contribution in [0.5, 0.6) is 0 Å². The summed E-state index contributed by atoms with van der Waals surface area (Å²) in [5, 5.41) is 0. The zero-order chi connectivity index (χ0) is 39.7. The second kappa shape index (κ2) is 16.1. The van der Waals surface area contributed by atoms with Gasteiger partial charge < -0.3 is 29.2 Å². The number of nitrogens with one attached hydrogen (secondary N) is 2. The maximum absolute atomic E-state index is 13.2. The lowest BCUT2D eigenvalue weighted by Crippen LogP contribution is -2.36. The van der Waals surface area contributed by atoms with E-state index in [-0.39, 0.29) is 22.4 Å². The first-order chi connectivity index (χ1) is 28.3. The number of fused-ring (bicyclic) bond motifs is 2. The molecule has 2 aliphatic heterocycles. The van der Waals surface area contributed by atoms with E-state index in [9.17, 15) is 9.59 Å². The summed E-state index contributed by atoms with van der Waals surface area (Å²) in [6.07, 6.45) is 15.4. The third-order valence-electron chi connectivity index (χ3n) is 12.8. The summed E-state index contributed by atoms with van der Waals surface area (Å²) in [5.41, 5.74) is 9.41. The van der Waals surface area contributed by atoms with Crippen LogP contribution in [0.2, 0.25) is 0 Å². The largest absolute Gasteiger partial charge is 0.378 e. The molecule has 300 valence electrons. The molecule has 0 atom stereocenters. The fourth-order valence-corrected chi connectivity index (χ4v) is 9.19. The Kier molecular flexibility index (Phi) is 10.5. The Bertz CT molecular complexity index is 2260. The van der Waals surface area contributed by atoms with Crippen molar-refractivity contribution < 1.29 is 19.1 Å². The summed E-state index contributed by atoms with van der Waals surface area (Å²) < 4.78 is 10.9. The van der Waals surface area contributed by atoms with Crippen molar-refractivity contribution in [2.75, 3.05) is 62.4 Å². The number of benzene rings is 2. The molecule has 6 aromatic rings. The molecule has 0 amide bonds. The number of ether oxygens (including phenoxy) is 2. The molecule has 4 fully saturated rings. The van der Waals surface area contributed by atoms with Gasteiger partial charge in [-0.3, -0.25) is 9.59 Å². The Morgan fingerprint density at radius 3 is 1.40 bits per heavy atom. The number of anilines is 2. The van der Waals surface area contributed by atoms with Crippen molar-refractivity contribution in [2.45, 2.75) is 65.2 Å². The van der Waals surface area contributed by atoms with Gasteiger partial charge in [-0.15, -0.1) is 0 Å². The molecule has 0 bridgehead atoms. The Labute approximate surface area is 338 Å². The van der Waals surface area contributed by atoms with Crippen LogP contribution in [0.1, 0.15) is 85.9 Å². The van der Waals surface area contributed by atoms with E-state index in [1.165, 1.54) is 0 Å². The fourth-order valence-electron chi connectivity index (χ4n) is 9.19. The number of H-pyrrole nitrogens is 2. The molecule has 58 heavy (non-hydrogen) atoms. The van der Waals surface area contributed by atoms with E-state index in [0.717, 1.165) is 138 Å². The smallest absolute Gasteiger partial charge is 0.172 e. The van der Waals surface area contributed by atoms with Gasteiger partial charge in [0, 0.05) is 71.9 Å². The molecule has 12 heteroatoms. The standard InChI is InChI=1S/2C23H26N4O2/c2*1-23(7-2-3-8-23)21(28)18-14-24-22-20(18)26-19(15-25-22)16-5-4-6-17(13-16)27-9-11-29-12-10-27/h2*4-6,13-15H,2-3,7-12H2,1H3,(H,24,25). The van der Waals surface area contributed by atoms with Gasteiger partial charge in [-0.1, -0.05) is 63.8 Å². The molecule has 2 aromatic carbocycles. The molecule has 0 spiro atoms. The number of aromatic amines is 2. The van der Waals surface area contributed by atoms with Crippen LogP contribution in [0.3, 0.4) is 0 Å². The molecular weight excluding hydrogens is 729 g/mol. The normalized spacial score (nSPS) is 19.0. The first kappa shape index (κ1) is 38.1. The molecule has 0 radical (unpaired) electrons. The van der Waals surface area contributed by atoms with E-state index in [1.807, 2.05) is 12.1 Å². The molecule has 2 saturated carbocycles. The number of morpholine rings is 2. The molecule has 6 heterocycles. The van der Waals surface area contributed by atoms with Crippen LogP contribution in [-0.2, 0) is 9.47 Å². The minimum absolute atomic E-state index is 0.190. The molecule has 0 unspecified atom stereocenters. The minimum Gasteiger partial charge on any atom is -0.378 e.